The lowest BCUT2D eigenvalue weighted by atomic mass is 10.4. The lowest BCUT2D eigenvalue weighted by molar-refractivity contribution is 0.689. The lowest BCUT2D eigenvalue weighted by Gasteiger charge is -2.02. The third-order valence-corrected chi connectivity index (χ3v) is 2.20. The van der Waals surface area contributed by atoms with Gasteiger partial charge < -0.3 is 4.57 Å². The molecule has 0 saturated heterocycles. The van der Waals surface area contributed by atoms with Gasteiger partial charge in [-0.05, 0) is 12.8 Å². The minimum Gasteiger partial charge on any atom is -0.332 e. The number of alkyl halides is 1. The number of aryl methyl sites for hydroxylation is 1. The predicted octanol–water partition coefficient (Wildman–Crippen LogP) is 2.00. The van der Waals surface area contributed by atoms with Crippen LogP contribution in [0.2, 0.25) is 0 Å². The molecular formula is C8H11ClN2. The van der Waals surface area contributed by atoms with E-state index in [9.17, 15) is 0 Å². The first-order valence-electron chi connectivity index (χ1n) is 3.99. The van der Waals surface area contributed by atoms with Crippen molar-refractivity contribution in [1.82, 2.24) is 9.55 Å². The summed E-state index contributed by atoms with van der Waals surface area (Å²) in [5.41, 5.74) is 0. The van der Waals surface area contributed by atoms with Gasteiger partial charge >= 0.3 is 0 Å². The minimum atomic E-state index is 0.670. The van der Waals surface area contributed by atoms with Crippen molar-refractivity contribution >= 4 is 11.6 Å². The first-order chi connectivity index (χ1) is 5.42. The van der Waals surface area contributed by atoms with E-state index in [1.807, 2.05) is 6.20 Å². The van der Waals surface area contributed by atoms with E-state index in [4.69, 9.17) is 11.6 Å². The molecule has 0 bridgehead atoms. The summed E-state index contributed by atoms with van der Waals surface area (Å²) in [6, 6.07) is 0.732. The van der Waals surface area contributed by atoms with E-state index in [1.54, 1.807) is 0 Å². The second kappa shape index (κ2) is 2.86. The molecule has 0 aromatic carbocycles. The van der Waals surface area contributed by atoms with Crippen molar-refractivity contribution in [2.45, 2.75) is 25.3 Å². The third-order valence-electron chi connectivity index (χ3n) is 2.01. The van der Waals surface area contributed by atoms with E-state index in [0.717, 1.165) is 18.3 Å². The molecule has 0 amide bonds. The number of aromatic nitrogens is 2. The Labute approximate surface area is 71.2 Å². The second-order valence-electron chi connectivity index (χ2n) is 2.92. The van der Waals surface area contributed by atoms with Crippen LogP contribution in [-0.4, -0.2) is 15.4 Å². The van der Waals surface area contributed by atoms with Crippen LogP contribution in [0.5, 0.6) is 0 Å². The number of hydrogen-bond acceptors (Lipinski definition) is 1. The molecule has 1 heterocycles. The Hall–Kier alpha value is -0.500. The zero-order valence-corrected chi connectivity index (χ0v) is 7.09. The summed E-state index contributed by atoms with van der Waals surface area (Å²) < 4.78 is 2.25. The Kier molecular flexibility index (Phi) is 1.86. The summed E-state index contributed by atoms with van der Waals surface area (Å²) >= 11 is 5.64. The third kappa shape index (κ3) is 1.41. The summed E-state index contributed by atoms with van der Waals surface area (Å²) in [7, 11) is 0. The van der Waals surface area contributed by atoms with Crippen molar-refractivity contribution in [3.8, 4) is 0 Å². The van der Waals surface area contributed by atoms with Crippen LogP contribution in [0.25, 0.3) is 0 Å². The van der Waals surface area contributed by atoms with Crippen LogP contribution in [0.1, 0.15) is 24.7 Å². The molecule has 1 aliphatic rings. The van der Waals surface area contributed by atoms with Crippen molar-refractivity contribution in [3.63, 3.8) is 0 Å². The number of imidazole rings is 1. The number of rotatable bonds is 3. The van der Waals surface area contributed by atoms with E-state index < -0.39 is 0 Å². The molecule has 11 heavy (non-hydrogen) atoms. The van der Waals surface area contributed by atoms with Gasteiger partial charge in [0.05, 0.1) is 0 Å². The largest absolute Gasteiger partial charge is 0.332 e. The normalized spacial score (nSPS) is 17.2. The maximum absolute atomic E-state index is 5.64. The summed E-state index contributed by atoms with van der Waals surface area (Å²) in [6.07, 6.45) is 7.43. The van der Waals surface area contributed by atoms with Crippen LogP contribution >= 0.6 is 11.6 Å². The number of hydrogen-bond donors (Lipinski definition) is 0. The van der Waals surface area contributed by atoms with Crippen LogP contribution in [0, 0.1) is 0 Å². The second-order valence-corrected chi connectivity index (χ2v) is 3.30. The molecule has 3 heteroatoms. The maximum atomic E-state index is 5.64. The van der Waals surface area contributed by atoms with Crippen LogP contribution in [0.15, 0.2) is 12.4 Å². The van der Waals surface area contributed by atoms with Crippen LogP contribution in [0.3, 0.4) is 0 Å². The first-order valence-corrected chi connectivity index (χ1v) is 4.53. The highest BCUT2D eigenvalue weighted by Crippen LogP contribution is 2.35. The topological polar surface area (TPSA) is 17.8 Å². The molecule has 1 aliphatic carbocycles. The molecule has 1 aromatic heterocycles. The predicted molar refractivity (Wildman–Crippen MR) is 44.9 cm³/mol. The Morgan fingerprint density at radius 3 is 3.09 bits per heavy atom. The van der Waals surface area contributed by atoms with Crippen molar-refractivity contribution in [2.24, 2.45) is 0 Å². The van der Waals surface area contributed by atoms with Gasteiger partial charge in [0, 0.05) is 30.7 Å². The molecule has 0 aliphatic heterocycles. The van der Waals surface area contributed by atoms with Gasteiger partial charge in [0.2, 0.25) is 0 Å². The molecule has 0 unspecified atom stereocenters. The zero-order chi connectivity index (χ0) is 7.68. The van der Waals surface area contributed by atoms with E-state index in [1.165, 1.54) is 12.8 Å². The Morgan fingerprint density at radius 1 is 1.64 bits per heavy atom. The minimum absolute atomic E-state index is 0.670. The molecule has 60 valence electrons. The van der Waals surface area contributed by atoms with E-state index in [0.29, 0.717) is 5.88 Å². The monoisotopic (exact) mass is 170 g/mol. The fraction of sp³-hybridized carbons (Fsp3) is 0.625. The Balaban J connectivity index is 2.16. The van der Waals surface area contributed by atoms with E-state index >= 15 is 0 Å². The highest BCUT2D eigenvalue weighted by atomic mass is 35.5. The molecule has 1 fully saturated rings. The van der Waals surface area contributed by atoms with Crippen LogP contribution in [0.4, 0.5) is 0 Å². The van der Waals surface area contributed by atoms with Gasteiger partial charge in [-0.25, -0.2) is 4.98 Å². The molecule has 0 spiro atoms. The van der Waals surface area contributed by atoms with Crippen LogP contribution in [-0.2, 0) is 6.42 Å². The highest BCUT2D eigenvalue weighted by Gasteiger charge is 2.24. The maximum Gasteiger partial charge on any atom is 0.110 e. The Bertz CT molecular complexity index is 240. The molecular weight excluding hydrogens is 160 g/mol. The van der Waals surface area contributed by atoms with Gasteiger partial charge in [0.1, 0.15) is 5.82 Å². The summed E-state index contributed by atoms with van der Waals surface area (Å²) in [5, 5.41) is 0. The zero-order valence-electron chi connectivity index (χ0n) is 6.33. The summed E-state index contributed by atoms with van der Waals surface area (Å²) in [4.78, 5) is 4.25. The quantitative estimate of drug-likeness (QED) is 0.635. The fourth-order valence-electron chi connectivity index (χ4n) is 1.31. The van der Waals surface area contributed by atoms with E-state index in [-0.39, 0.29) is 0 Å². The van der Waals surface area contributed by atoms with Crippen molar-refractivity contribution in [2.75, 3.05) is 5.88 Å². The molecule has 0 radical (unpaired) electrons. The average molecular weight is 171 g/mol. The SMILES string of the molecule is ClCCc1nccn1C1CC1. The standard InChI is InChI=1S/C8H11ClN2/c9-4-3-8-10-5-6-11(8)7-1-2-7/h5-7H,1-4H2. The molecule has 1 aromatic rings. The number of nitrogens with zero attached hydrogens (tertiary/aromatic N) is 2. The Morgan fingerprint density at radius 2 is 2.45 bits per heavy atom. The van der Waals surface area contributed by atoms with Crippen LogP contribution < -0.4 is 0 Å². The fourth-order valence-corrected chi connectivity index (χ4v) is 1.48. The molecule has 0 N–H and O–H groups in total. The van der Waals surface area contributed by atoms with Gasteiger partial charge in [0.15, 0.2) is 0 Å². The summed E-state index contributed by atoms with van der Waals surface area (Å²) in [5.74, 6) is 1.81. The van der Waals surface area contributed by atoms with E-state index in [2.05, 4.69) is 15.7 Å². The van der Waals surface area contributed by atoms with Gasteiger partial charge in [-0.1, -0.05) is 0 Å². The highest BCUT2D eigenvalue weighted by molar-refractivity contribution is 6.17. The summed E-state index contributed by atoms with van der Waals surface area (Å²) in [6.45, 7) is 0. The molecule has 2 rings (SSSR count). The van der Waals surface area contributed by atoms with Gasteiger partial charge in [0.25, 0.3) is 0 Å². The molecule has 0 atom stereocenters. The average Bonchev–Trinajstić information content (AvgIpc) is 2.75. The van der Waals surface area contributed by atoms with Gasteiger partial charge in [-0.2, -0.15) is 0 Å². The first kappa shape index (κ1) is 7.17. The smallest absolute Gasteiger partial charge is 0.110 e. The van der Waals surface area contributed by atoms with Crippen molar-refractivity contribution < 1.29 is 0 Å². The molecule has 2 nitrogen and oxygen atoms in total. The van der Waals surface area contributed by atoms with Crippen molar-refractivity contribution in [1.29, 1.82) is 0 Å². The van der Waals surface area contributed by atoms with Crippen molar-refractivity contribution in [3.05, 3.63) is 18.2 Å². The number of halogens is 1. The lowest BCUT2D eigenvalue weighted by Crippen LogP contribution is -2.00. The van der Waals surface area contributed by atoms with Gasteiger partial charge in [-0.15, -0.1) is 11.6 Å². The molecule has 1 saturated carbocycles. The van der Waals surface area contributed by atoms with Gasteiger partial charge in [-0.3, -0.25) is 0 Å².